The van der Waals surface area contributed by atoms with E-state index in [9.17, 15) is 4.39 Å². The highest BCUT2D eigenvalue weighted by Gasteiger charge is 2.21. The molecule has 1 aliphatic rings. The van der Waals surface area contributed by atoms with Crippen LogP contribution in [0.2, 0.25) is 0 Å². The van der Waals surface area contributed by atoms with Crippen molar-refractivity contribution < 1.29 is 4.39 Å². The summed E-state index contributed by atoms with van der Waals surface area (Å²) in [7, 11) is 0. The van der Waals surface area contributed by atoms with Crippen molar-refractivity contribution in [3.8, 4) is 6.07 Å². The van der Waals surface area contributed by atoms with E-state index < -0.39 is 5.82 Å². The average molecular weight is 206 g/mol. The van der Waals surface area contributed by atoms with E-state index >= 15 is 0 Å². The Morgan fingerprint density at radius 2 is 2.20 bits per heavy atom. The van der Waals surface area contributed by atoms with Gasteiger partial charge in [-0.25, -0.2) is 14.4 Å². The predicted octanol–water partition coefficient (Wildman–Crippen LogP) is 1.36. The van der Waals surface area contributed by atoms with Crippen LogP contribution < -0.4 is 4.90 Å². The zero-order valence-electron chi connectivity index (χ0n) is 8.23. The SMILES string of the molecule is N#C[C@H]1CCCN(c2ncc(F)cn2)C1. The number of nitrogens with zero attached hydrogens (tertiary/aromatic N) is 4. The molecule has 0 N–H and O–H groups in total. The van der Waals surface area contributed by atoms with Gasteiger partial charge in [0.1, 0.15) is 0 Å². The quantitative estimate of drug-likeness (QED) is 0.696. The zero-order chi connectivity index (χ0) is 10.7. The van der Waals surface area contributed by atoms with Crippen LogP contribution >= 0.6 is 0 Å². The Kier molecular flexibility index (Phi) is 2.77. The molecule has 5 heteroatoms. The smallest absolute Gasteiger partial charge is 0.225 e. The van der Waals surface area contributed by atoms with Gasteiger partial charge < -0.3 is 4.90 Å². The van der Waals surface area contributed by atoms with Gasteiger partial charge in [-0.1, -0.05) is 0 Å². The Balaban J connectivity index is 2.10. The third-order valence-electron chi connectivity index (χ3n) is 2.49. The minimum atomic E-state index is -0.437. The third kappa shape index (κ3) is 2.21. The Morgan fingerprint density at radius 1 is 1.47 bits per heavy atom. The topological polar surface area (TPSA) is 52.8 Å². The number of hydrogen-bond acceptors (Lipinski definition) is 4. The highest BCUT2D eigenvalue weighted by molar-refractivity contribution is 5.30. The van der Waals surface area contributed by atoms with Gasteiger partial charge in [0.2, 0.25) is 5.95 Å². The molecule has 1 aromatic heterocycles. The van der Waals surface area contributed by atoms with E-state index in [4.69, 9.17) is 5.26 Å². The molecule has 1 fully saturated rings. The normalized spacial score (nSPS) is 21.1. The lowest BCUT2D eigenvalue weighted by molar-refractivity contribution is 0.486. The van der Waals surface area contributed by atoms with E-state index in [0.29, 0.717) is 12.5 Å². The summed E-state index contributed by atoms with van der Waals surface area (Å²) in [6.07, 6.45) is 4.18. The number of rotatable bonds is 1. The summed E-state index contributed by atoms with van der Waals surface area (Å²) in [5.41, 5.74) is 0. The van der Waals surface area contributed by atoms with Crippen molar-refractivity contribution in [2.24, 2.45) is 5.92 Å². The van der Waals surface area contributed by atoms with Gasteiger partial charge >= 0.3 is 0 Å². The molecule has 4 nitrogen and oxygen atoms in total. The maximum absolute atomic E-state index is 12.6. The highest BCUT2D eigenvalue weighted by atomic mass is 19.1. The van der Waals surface area contributed by atoms with Gasteiger partial charge in [-0.15, -0.1) is 0 Å². The van der Waals surface area contributed by atoms with Crippen LogP contribution in [0, 0.1) is 23.1 Å². The largest absolute Gasteiger partial charge is 0.340 e. The van der Waals surface area contributed by atoms with Crippen molar-refractivity contribution in [3.05, 3.63) is 18.2 Å². The van der Waals surface area contributed by atoms with Crippen LogP contribution in [-0.4, -0.2) is 23.1 Å². The van der Waals surface area contributed by atoms with Crippen LogP contribution in [0.4, 0.5) is 10.3 Å². The summed E-state index contributed by atoms with van der Waals surface area (Å²) in [6, 6.07) is 2.24. The second kappa shape index (κ2) is 4.22. The van der Waals surface area contributed by atoms with Crippen LogP contribution in [0.1, 0.15) is 12.8 Å². The Hall–Kier alpha value is -1.70. The van der Waals surface area contributed by atoms with Gasteiger partial charge in [0.15, 0.2) is 5.82 Å². The maximum atomic E-state index is 12.6. The van der Waals surface area contributed by atoms with Crippen molar-refractivity contribution in [2.75, 3.05) is 18.0 Å². The van der Waals surface area contributed by atoms with Crippen LogP contribution in [0.5, 0.6) is 0 Å². The minimum absolute atomic E-state index is 0.0346. The predicted molar refractivity (Wildman–Crippen MR) is 52.5 cm³/mol. The fraction of sp³-hybridized carbons (Fsp3) is 0.500. The summed E-state index contributed by atoms with van der Waals surface area (Å²) in [4.78, 5) is 9.73. The molecule has 0 spiro atoms. The molecular formula is C10H11FN4. The molecule has 0 saturated carbocycles. The zero-order valence-corrected chi connectivity index (χ0v) is 8.23. The van der Waals surface area contributed by atoms with Crippen LogP contribution in [0.3, 0.4) is 0 Å². The number of hydrogen-bond donors (Lipinski definition) is 0. The average Bonchev–Trinajstić information content (AvgIpc) is 2.30. The van der Waals surface area contributed by atoms with E-state index in [0.717, 1.165) is 31.8 Å². The van der Waals surface area contributed by atoms with Gasteiger partial charge in [-0.05, 0) is 12.8 Å². The molecule has 15 heavy (non-hydrogen) atoms. The fourth-order valence-electron chi connectivity index (χ4n) is 1.73. The van der Waals surface area contributed by atoms with Crippen LogP contribution in [0.15, 0.2) is 12.4 Å². The van der Waals surface area contributed by atoms with Crippen LogP contribution in [-0.2, 0) is 0 Å². The van der Waals surface area contributed by atoms with Gasteiger partial charge in [0.25, 0.3) is 0 Å². The van der Waals surface area contributed by atoms with Gasteiger partial charge in [-0.3, -0.25) is 0 Å². The molecule has 0 aliphatic carbocycles. The lowest BCUT2D eigenvalue weighted by Gasteiger charge is -2.29. The van der Waals surface area contributed by atoms with E-state index in [1.165, 1.54) is 0 Å². The van der Waals surface area contributed by atoms with Gasteiger partial charge in [0.05, 0.1) is 24.4 Å². The molecule has 1 aliphatic heterocycles. The summed E-state index contributed by atoms with van der Waals surface area (Å²) in [6.45, 7) is 1.48. The Labute approximate surface area is 87.4 Å². The van der Waals surface area contributed by atoms with Gasteiger partial charge in [0, 0.05) is 13.1 Å². The van der Waals surface area contributed by atoms with E-state index in [1.807, 2.05) is 4.90 Å². The second-order valence-electron chi connectivity index (χ2n) is 3.62. The third-order valence-corrected chi connectivity index (χ3v) is 2.49. The standard InChI is InChI=1S/C10H11FN4/c11-9-5-13-10(14-6-9)15-3-1-2-8(4-12)7-15/h5-6,8H,1-3,7H2/t8-/m1/s1. The maximum Gasteiger partial charge on any atom is 0.225 e. The van der Waals surface area contributed by atoms with Crippen molar-refractivity contribution in [1.29, 1.82) is 5.26 Å². The molecule has 1 aromatic rings. The number of nitriles is 1. The summed E-state index contributed by atoms with van der Waals surface area (Å²) in [5, 5.41) is 8.82. The first-order chi connectivity index (χ1) is 7.29. The Morgan fingerprint density at radius 3 is 2.87 bits per heavy atom. The molecule has 0 bridgehead atoms. The lowest BCUT2D eigenvalue weighted by atomic mass is 10.0. The first kappa shape index (κ1) is 9.84. The highest BCUT2D eigenvalue weighted by Crippen LogP contribution is 2.19. The van der Waals surface area contributed by atoms with Crippen molar-refractivity contribution in [2.45, 2.75) is 12.8 Å². The second-order valence-corrected chi connectivity index (χ2v) is 3.62. The molecular weight excluding hydrogens is 195 g/mol. The van der Waals surface area contributed by atoms with Crippen molar-refractivity contribution in [1.82, 2.24) is 9.97 Å². The summed E-state index contributed by atoms with van der Waals surface area (Å²) in [5.74, 6) is 0.108. The lowest BCUT2D eigenvalue weighted by Crippen LogP contribution is -2.35. The van der Waals surface area contributed by atoms with E-state index in [-0.39, 0.29) is 5.92 Å². The number of halogens is 1. The summed E-state index contributed by atoms with van der Waals surface area (Å²) < 4.78 is 12.6. The van der Waals surface area contributed by atoms with Crippen LogP contribution in [0.25, 0.3) is 0 Å². The summed E-state index contributed by atoms with van der Waals surface area (Å²) >= 11 is 0. The van der Waals surface area contributed by atoms with Crippen molar-refractivity contribution in [3.63, 3.8) is 0 Å². The molecule has 1 saturated heterocycles. The molecule has 0 radical (unpaired) electrons. The molecule has 78 valence electrons. The first-order valence-corrected chi connectivity index (χ1v) is 4.91. The number of aromatic nitrogens is 2. The minimum Gasteiger partial charge on any atom is -0.340 e. The molecule has 0 aromatic carbocycles. The molecule has 2 rings (SSSR count). The Bertz CT molecular complexity index is 370. The number of piperidine rings is 1. The van der Waals surface area contributed by atoms with E-state index in [1.54, 1.807) is 0 Å². The fourth-order valence-corrected chi connectivity index (χ4v) is 1.73. The van der Waals surface area contributed by atoms with E-state index in [2.05, 4.69) is 16.0 Å². The molecule has 0 unspecified atom stereocenters. The molecule has 1 atom stereocenters. The van der Waals surface area contributed by atoms with Crippen molar-refractivity contribution >= 4 is 5.95 Å². The van der Waals surface area contributed by atoms with Gasteiger partial charge in [-0.2, -0.15) is 5.26 Å². The molecule has 2 heterocycles. The number of anilines is 1. The molecule has 0 amide bonds. The monoisotopic (exact) mass is 206 g/mol. The first-order valence-electron chi connectivity index (χ1n) is 4.91.